The zero-order chi connectivity index (χ0) is 27.0. The van der Waals surface area contributed by atoms with Gasteiger partial charge in [-0.1, -0.05) is 80.8 Å². The first-order chi connectivity index (χ1) is 18.4. The number of rotatable bonds is 3. The van der Waals surface area contributed by atoms with Crippen molar-refractivity contribution in [1.29, 1.82) is 0 Å². The molecule has 0 amide bonds. The second-order valence-electron chi connectivity index (χ2n) is 10.7. The third-order valence-electron chi connectivity index (χ3n) is 6.88. The van der Waals surface area contributed by atoms with Crippen LogP contribution in [0.4, 0.5) is 0 Å². The Balaban J connectivity index is 0.000000207. The van der Waals surface area contributed by atoms with E-state index in [0.717, 1.165) is 6.42 Å². The largest absolute Gasteiger partial charge is 0.179 e. The van der Waals surface area contributed by atoms with Gasteiger partial charge in [-0.2, -0.15) is 41.5 Å². The summed E-state index contributed by atoms with van der Waals surface area (Å²) in [6.45, 7) is 8.94. The van der Waals surface area contributed by atoms with Crippen LogP contribution in [0.15, 0.2) is 121 Å². The van der Waals surface area contributed by atoms with Crippen LogP contribution in [-0.2, 0) is 30.7 Å². The van der Waals surface area contributed by atoms with Gasteiger partial charge in [0, 0.05) is 0 Å². The molecule has 0 spiro atoms. The van der Waals surface area contributed by atoms with Gasteiger partial charge >= 0.3 is 99.2 Å². The minimum Gasteiger partial charge on any atom is -0.179 e. The molecule has 0 saturated carbocycles. The van der Waals surface area contributed by atoms with Crippen LogP contribution in [0.2, 0.25) is 0 Å². The fourth-order valence-corrected chi connectivity index (χ4v) is 5.41. The van der Waals surface area contributed by atoms with Gasteiger partial charge in [0.05, 0.1) is 0 Å². The molecule has 0 saturated heterocycles. The van der Waals surface area contributed by atoms with E-state index in [1.54, 1.807) is 0 Å². The number of fused-ring (bicyclic) bond motifs is 3. The minimum absolute atomic E-state index is 0. The Morgan fingerprint density at radius 1 is 0.775 bits per heavy atom. The zero-order valence-electron chi connectivity index (χ0n) is 23.7. The van der Waals surface area contributed by atoms with Crippen molar-refractivity contribution < 1.29 is 49.0 Å². The number of hydrogen-bond acceptors (Lipinski definition) is 0. The van der Waals surface area contributed by atoms with Crippen molar-refractivity contribution in [3.05, 3.63) is 155 Å². The van der Waals surface area contributed by atoms with E-state index >= 15 is 0 Å². The molecule has 204 valence electrons. The van der Waals surface area contributed by atoms with Gasteiger partial charge in [-0.3, -0.25) is 6.08 Å². The van der Waals surface area contributed by atoms with E-state index in [9.17, 15) is 0 Å². The maximum atomic E-state index is 3.35. The Kier molecular flexibility index (Phi) is 13.7. The Labute approximate surface area is 268 Å². The molecule has 2 aliphatic carbocycles. The standard InChI is InChI=1S/C13H9.C13H10.C11H17.2ClH.Zr/c1-3-7-12-10(5-1)9-11-6-2-4-8-13(11)12;1-3-7-12(8-4-1)11-13-9-5-2-6-10-13;1-5-9-6-7-10(8-9)11(2,3)4;;;/h1-5,7-8H,9H2;1-10H;7-9H,5H2,1-4H3;2*1H;/q-1;;-1;;;+2/p-2. The molecular weight excluding hydrogens is 607 g/mol. The average Bonchev–Trinajstić information content (AvgIpc) is 3.60. The fourth-order valence-electron chi connectivity index (χ4n) is 4.59. The minimum atomic E-state index is 0. The smallest absolute Gasteiger partial charge is 0.0253 e. The second kappa shape index (κ2) is 16.2. The molecule has 0 fully saturated rings. The van der Waals surface area contributed by atoms with E-state index in [0.29, 0.717) is 11.3 Å². The molecule has 6 rings (SSSR count). The van der Waals surface area contributed by atoms with Gasteiger partial charge in [0.1, 0.15) is 0 Å². The molecular formula is C37H36Cl2Zr-2. The summed E-state index contributed by atoms with van der Waals surface area (Å²) in [6, 6.07) is 39.2. The summed E-state index contributed by atoms with van der Waals surface area (Å²) in [7, 11) is 0. The van der Waals surface area contributed by atoms with Crippen LogP contribution >= 0.6 is 0 Å². The quantitative estimate of drug-likeness (QED) is 0.266. The van der Waals surface area contributed by atoms with Gasteiger partial charge in [0.2, 0.25) is 0 Å². The van der Waals surface area contributed by atoms with E-state index in [1.807, 2.05) is 6.07 Å². The van der Waals surface area contributed by atoms with Gasteiger partial charge in [-0.25, -0.2) is 6.08 Å². The number of hydrogen-bond donors (Lipinski definition) is 0. The van der Waals surface area contributed by atoms with Crippen LogP contribution in [0.5, 0.6) is 0 Å². The molecule has 0 aromatic heterocycles. The fraction of sp³-hybridized carbons (Fsp3) is 0.216. The Hall–Kier alpha value is -2.31. The van der Waals surface area contributed by atoms with Gasteiger partial charge in [0.25, 0.3) is 0 Å². The molecule has 4 aromatic carbocycles. The molecule has 40 heavy (non-hydrogen) atoms. The molecule has 2 aliphatic rings. The number of halogens is 2. The van der Waals surface area contributed by atoms with Crippen LogP contribution in [0, 0.1) is 23.5 Å². The van der Waals surface area contributed by atoms with Crippen molar-refractivity contribution >= 4 is 3.21 Å². The van der Waals surface area contributed by atoms with Gasteiger partial charge in [0.15, 0.2) is 0 Å². The number of allylic oxidation sites excluding steroid dienone is 4. The molecule has 0 aliphatic heterocycles. The van der Waals surface area contributed by atoms with Crippen LogP contribution in [-0.4, -0.2) is 3.21 Å². The molecule has 4 aromatic rings. The molecule has 0 N–H and O–H groups in total. The predicted molar refractivity (Wildman–Crippen MR) is 159 cm³/mol. The summed E-state index contributed by atoms with van der Waals surface area (Å²) in [5.41, 5.74) is 9.91. The first-order valence-electron chi connectivity index (χ1n) is 13.5. The Morgan fingerprint density at radius 3 is 1.85 bits per heavy atom. The predicted octanol–water partition coefficient (Wildman–Crippen LogP) is 3.23. The summed E-state index contributed by atoms with van der Waals surface area (Å²) >= 11 is 1.46. The van der Waals surface area contributed by atoms with E-state index in [4.69, 9.17) is 0 Å². The van der Waals surface area contributed by atoms with Crippen molar-refractivity contribution in [2.24, 2.45) is 11.3 Å². The second-order valence-corrected chi connectivity index (χ2v) is 11.9. The SMILES string of the molecule is CCC1[C-]=CC(C(C)(C)C)=C1.[Cl-].[Cl-].[Zr+2]=[C](c1ccccc1)c1ccccc1.[c-]1cccc2c1Cc1ccccc1-2. The molecule has 0 nitrogen and oxygen atoms in total. The zero-order valence-corrected chi connectivity index (χ0v) is 27.7. The maximum Gasteiger partial charge on any atom is -0.0253 e. The number of benzene rings is 4. The van der Waals surface area contributed by atoms with Crippen LogP contribution < -0.4 is 24.8 Å². The molecule has 1 unspecified atom stereocenters. The first kappa shape index (κ1) is 33.9. The average molecular weight is 643 g/mol. The normalized spacial score (nSPS) is 14.1. The van der Waals surface area contributed by atoms with Crippen molar-refractivity contribution in [2.45, 2.75) is 40.5 Å². The monoisotopic (exact) mass is 640 g/mol. The third kappa shape index (κ3) is 9.10. The van der Waals surface area contributed by atoms with E-state index in [1.165, 1.54) is 72.8 Å². The molecule has 0 radical (unpaired) electrons. The molecule has 0 bridgehead atoms. The summed E-state index contributed by atoms with van der Waals surface area (Å²) in [5, 5.41) is 0. The first-order valence-corrected chi connectivity index (χ1v) is 14.7. The van der Waals surface area contributed by atoms with Gasteiger partial charge in [-0.05, 0) is 6.42 Å². The van der Waals surface area contributed by atoms with Crippen molar-refractivity contribution in [1.82, 2.24) is 0 Å². The maximum absolute atomic E-state index is 3.35. The van der Waals surface area contributed by atoms with E-state index in [-0.39, 0.29) is 24.8 Å². The molecule has 0 heterocycles. The topological polar surface area (TPSA) is 0 Å². The van der Waals surface area contributed by atoms with Crippen LogP contribution in [0.25, 0.3) is 11.1 Å². The van der Waals surface area contributed by atoms with Gasteiger partial charge < -0.3 is 24.8 Å². The Bertz CT molecular complexity index is 1330. The molecule has 3 heteroatoms. The Morgan fingerprint density at radius 2 is 1.32 bits per heavy atom. The van der Waals surface area contributed by atoms with E-state index in [2.05, 4.69) is 149 Å². The van der Waals surface area contributed by atoms with Crippen LogP contribution in [0.3, 0.4) is 0 Å². The van der Waals surface area contributed by atoms with Crippen LogP contribution in [0.1, 0.15) is 56.4 Å². The molecule has 1 atom stereocenters. The van der Waals surface area contributed by atoms with E-state index < -0.39 is 0 Å². The van der Waals surface area contributed by atoms with Gasteiger partial charge in [-0.15, -0.1) is 5.56 Å². The summed E-state index contributed by atoms with van der Waals surface area (Å²) in [4.78, 5) is 0. The summed E-state index contributed by atoms with van der Waals surface area (Å²) < 4.78 is 1.42. The van der Waals surface area contributed by atoms with Crippen molar-refractivity contribution in [2.75, 3.05) is 0 Å². The van der Waals surface area contributed by atoms with Crippen molar-refractivity contribution in [3.8, 4) is 11.1 Å². The van der Waals surface area contributed by atoms with Crippen molar-refractivity contribution in [3.63, 3.8) is 0 Å². The third-order valence-corrected chi connectivity index (χ3v) is 8.30. The summed E-state index contributed by atoms with van der Waals surface area (Å²) in [6.07, 6.45) is 10.1. The summed E-state index contributed by atoms with van der Waals surface area (Å²) in [5.74, 6) is 0.573.